The highest BCUT2D eigenvalue weighted by molar-refractivity contribution is 9.10. The predicted molar refractivity (Wildman–Crippen MR) is 92.4 cm³/mol. The summed E-state index contributed by atoms with van der Waals surface area (Å²) in [6.45, 7) is 0.208. The van der Waals surface area contributed by atoms with Crippen molar-refractivity contribution in [3.63, 3.8) is 0 Å². The van der Waals surface area contributed by atoms with E-state index in [1.807, 2.05) is 0 Å². The minimum absolute atomic E-state index is 0.208. The lowest BCUT2D eigenvalue weighted by atomic mass is 9.89. The van der Waals surface area contributed by atoms with Gasteiger partial charge in [0.1, 0.15) is 0 Å². The summed E-state index contributed by atoms with van der Waals surface area (Å²) in [5, 5.41) is 12.2. The second-order valence-corrected chi connectivity index (χ2v) is 6.69. The van der Waals surface area contributed by atoms with E-state index in [-0.39, 0.29) is 6.54 Å². The van der Waals surface area contributed by atoms with E-state index in [0.717, 1.165) is 0 Å². The molecule has 112 valence electrons. The fourth-order valence-corrected chi connectivity index (χ4v) is 3.82. The van der Waals surface area contributed by atoms with E-state index in [2.05, 4.69) is 15.9 Å². The number of nitrogens with two attached hydrogens (primary N) is 1. The number of halogens is 4. The van der Waals surface area contributed by atoms with Gasteiger partial charge in [0.15, 0.2) is 0 Å². The lowest BCUT2D eigenvalue weighted by molar-refractivity contribution is 0.147. The van der Waals surface area contributed by atoms with Crippen LogP contribution in [0.4, 0.5) is 0 Å². The van der Waals surface area contributed by atoms with Crippen LogP contribution < -0.4 is 5.73 Å². The monoisotopic (exact) mass is 407 g/mol. The van der Waals surface area contributed by atoms with Gasteiger partial charge in [-0.05, 0) is 35.4 Å². The van der Waals surface area contributed by atoms with Crippen LogP contribution >= 0.6 is 50.7 Å². The van der Waals surface area contributed by atoms with E-state index >= 15 is 0 Å². The van der Waals surface area contributed by atoms with Gasteiger partial charge in [0.05, 0.1) is 6.10 Å². The number of hydrogen-bond acceptors (Lipinski definition) is 2. The molecular formula is C15H13BrCl3NO. The van der Waals surface area contributed by atoms with Crippen LogP contribution in [0.1, 0.15) is 23.1 Å². The van der Waals surface area contributed by atoms with Crippen molar-refractivity contribution in [1.29, 1.82) is 0 Å². The Morgan fingerprint density at radius 3 is 2.24 bits per heavy atom. The highest BCUT2D eigenvalue weighted by Gasteiger charge is 2.27. The lowest BCUT2D eigenvalue weighted by Crippen LogP contribution is -2.21. The highest BCUT2D eigenvalue weighted by atomic mass is 79.9. The van der Waals surface area contributed by atoms with Crippen molar-refractivity contribution in [3.05, 3.63) is 67.1 Å². The number of aliphatic hydroxyl groups excluding tert-OH is 1. The molecule has 0 aliphatic rings. The molecule has 0 radical (unpaired) electrons. The fraction of sp³-hybridized carbons (Fsp3) is 0.200. The molecular weight excluding hydrogens is 396 g/mol. The molecule has 2 atom stereocenters. The molecule has 0 amide bonds. The van der Waals surface area contributed by atoms with Crippen LogP contribution in [0.25, 0.3) is 0 Å². The summed E-state index contributed by atoms with van der Waals surface area (Å²) in [6, 6.07) is 10.4. The molecule has 6 heteroatoms. The van der Waals surface area contributed by atoms with Crippen molar-refractivity contribution in [2.75, 3.05) is 6.54 Å². The number of rotatable bonds is 4. The van der Waals surface area contributed by atoms with Crippen LogP contribution in [0.3, 0.4) is 0 Å². The molecule has 0 saturated heterocycles. The normalized spacial score (nSPS) is 14.0. The fourth-order valence-electron chi connectivity index (χ4n) is 2.23. The third kappa shape index (κ3) is 3.73. The summed E-state index contributed by atoms with van der Waals surface area (Å²) in [6.07, 6.45) is -0.848. The smallest absolute Gasteiger partial charge is 0.0882 e. The first kappa shape index (κ1) is 17.1. The van der Waals surface area contributed by atoms with Gasteiger partial charge in [0.25, 0.3) is 0 Å². The summed E-state index contributed by atoms with van der Waals surface area (Å²) in [5.41, 5.74) is 7.18. The van der Waals surface area contributed by atoms with E-state index in [4.69, 9.17) is 40.5 Å². The van der Waals surface area contributed by atoms with Gasteiger partial charge in [-0.15, -0.1) is 0 Å². The van der Waals surface area contributed by atoms with Crippen LogP contribution in [-0.4, -0.2) is 11.7 Å². The Morgan fingerprint density at radius 2 is 1.71 bits per heavy atom. The number of benzene rings is 2. The van der Waals surface area contributed by atoms with Gasteiger partial charge in [-0.25, -0.2) is 0 Å². The molecule has 0 aliphatic carbocycles. The number of aliphatic hydroxyl groups is 1. The van der Waals surface area contributed by atoms with Gasteiger partial charge < -0.3 is 10.8 Å². The molecule has 0 aromatic heterocycles. The van der Waals surface area contributed by atoms with Crippen LogP contribution in [0.15, 0.2) is 40.9 Å². The van der Waals surface area contributed by atoms with Crippen LogP contribution in [-0.2, 0) is 0 Å². The van der Waals surface area contributed by atoms with Crippen molar-refractivity contribution in [2.24, 2.45) is 5.73 Å². The molecule has 2 aromatic rings. The molecule has 21 heavy (non-hydrogen) atoms. The predicted octanol–water partition coefficient (Wildman–Crippen LogP) is 5.19. The van der Waals surface area contributed by atoms with E-state index in [0.29, 0.717) is 30.7 Å². The second-order valence-electron chi connectivity index (χ2n) is 4.59. The van der Waals surface area contributed by atoms with Crippen molar-refractivity contribution in [2.45, 2.75) is 12.0 Å². The molecule has 0 spiro atoms. The molecule has 2 aromatic carbocycles. The molecule has 0 aliphatic heterocycles. The summed E-state index contributed by atoms with van der Waals surface area (Å²) in [4.78, 5) is 0. The van der Waals surface area contributed by atoms with Crippen LogP contribution in [0.2, 0.25) is 15.1 Å². The minimum atomic E-state index is -0.848. The molecule has 0 heterocycles. The van der Waals surface area contributed by atoms with Crippen LogP contribution in [0.5, 0.6) is 0 Å². The zero-order valence-electron chi connectivity index (χ0n) is 10.9. The number of hydrogen-bond donors (Lipinski definition) is 2. The maximum atomic E-state index is 10.7. The SMILES string of the molecule is NCC(c1c(Cl)cccc1Cl)C(O)c1ccc(Cl)cc1Br. The van der Waals surface area contributed by atoms with Gasteiger partial charge in [-0.1, -0.05) is 62.9 Å². The van der Waals surface area contributed by atoms with Crippen molar-refractivity contribution < 1.29 is 5.11 Å². The van der Waals surface area contributed by atoms with Crippen molar-refractivity contribution in [3.8, 4) is 0 Å². The molecule has 2 rings (SSSR count). The highest BCUT2D eigenvalue weighted by Crippen LogP contribution is 2.40. The Kier molecular flexibility index (Phi) is 5.95. The van der Waals surface area contributed by atoms with Crippen molar-refractivity contribution >= 4 is 50.7 Å². The first-order chi connectivity index (χ1) is 9.95. The van der Waals surface area contributed by atoms with Gasteiger partial charge in [-0.2, -0.15) is 0 Å². The molecule has 2 unspecified atom stereocenters. The molecule has 0 fully saturated rings. The standard InChI is InChI=1S/C15H13BrCl3NO/c16-11-6-8(17)4-5-9(11)15(21)10(7-20)14-12(18)2-1-3-13(14)19/h1-6,10,15,21H,7,20H2. The summed E-state index contributed by atoms with van der Waals surface area (Å²) < 4.78 is 0.712. The zero-order valence-corrected chi connectivity index (χ0v) is 14.7. The van der Waals surface area contributed by atoms with E-state index < -0.39 is 12.0 Å². The topological polar surface area (TPSA) is 46.2 Å². The molecule has 0 bridgehead atoms. The van der Waals surface area contributed by atoms with Gasteiger partial charge in [0, 0.05) is 32.0 Å². The Morgan fingerprint density at radius 1 is 1.10 bits per heavy atom. The van der Waals surface area contributed by atoms with Crippen LogP contribution in [0, 0.1) is 0 Å². The third-order valence-corrected chi connectivity index (χ3v) is 4.87. The van der Waals surface area contributed by atoms with Gasteiger partial charge >= 0.3 is 0 Å². The Hall–Kier alpha value is -0.290. The quantitative estimate of drug-likeness (QED) is 0.730. The largest absolute Gasteiger partial charge is 0.388 e. The van der Waals surface area contributed by atoms with E-state index in [9.17, 15) is 5.11 Å². The maximum absolute atomic E-state index is 10.7. The maximum Gasteiger partial charge on any atom is 0.0882 e. The zero-order chi connectivity index (χ0) is 15.6. The molecule has 2 nitrogen and oxygen atoms in total. The first-order valence-electron chi connectivity index (χ1n) is 6.22. The lowest BCUT2D eigenvalue weighted by Gasteiger charge is -2.25. The Labute approximate surface area is 146 Å². The van der Waals surface area contributed by atoms with Gasteiger partial charge in [0.2, 0.25) is 0 Å². The minimum Gasteiger partial charge on any atom is -0.388 e. The van der Waals surface area contributed by atoms with E-state index in [1.165, 1.54) is 0 Å². The third-order valence-electron chi connectivity index (χ3n) is 3.29. The Balaban J connectivity index is 2.46. The molecule has 0 saturated carbocycles. The summed E-state index contributed by atoms with van der Waals surface area (Å²) in [7, 11) is 0. The Bertz CT molecular complexity index is 631. The van der Waals surface area contributed by atoms with Gasteiger partial charge in [-0.3, -0.25) is 0 Å². The second kappa shape index (κ2) is 7.32. The average Bonchev–Trinajstić information content (AvgIpc) is 2.42. The van der Waals surface area contributed by atoms with Crippen molar-refractivity contribution in [1.82, 2.24) is 0 Å². The summed E-state index contributed by atoms with van der Waals surface area (Å²) >= 11 is 21.8. The average molecular weight is 410 g/mol. The molecule has 3 N–H and O–H groups in total. The first-order valence-corrected chi connectivity index (χ1v) is 8.15. The van der Waals surface area contributed by atoms with E-state index in [1.54, 1.807) is 36.4 Å². The summed E-state index contributed by atoms with van der Waals surface area (Å²) in [5.74, 6) is -0.413.